The van der Waals surface area contributed by atoms with Crippen LogP contribution >= 0.6 is 15.9 Å². The van der Waals surface area contributed by atoms with E-state index in [1.807, 2.05) is 30.3 Å². The molecule has 28 heavy (non-hydrogen) atoms. The van der Waals surface area contributed by atoms with Crippen molar-refractivity contribution in [2.24, 2.45) is 5.92 Å². The van der Waals surface area contributed by atoms with Gasteiger partial charge in [-0.05, 0) is 36.2 Å². The fraction of sp³-hybridized carbons (Fsp3) is 0.333. The molecule has 0 bridgehead atoms. The number of rotatable bonds is 3. The van der Waals surface area contributed by atoms with Gasteiger partial charge in [-0.25, -0.2) is 14.9 Å². The van der Waals surface area contributed by atoms with E-state index in [9.17, 15) is 9.59 Å². The Hall–Kier alpha value is -2.22. The van der Waals surface area contributed by atoms with Crippen molar-refractivity contribution in [1.29, 1.82) is 0 Å². The fourth-order valence-corrected chi connectivity index (χ4v) is 5.04. The van der Waals surface area contributed by atoms with Crippen LogP contribution in [0.1, 0.15) is 18.0 Å². The average Bonchev–Trinajstić information content (AvgIpc) is 3.35. The third-order valence-corrected chi connectivity index (χ3v) is 6.46. The largest absolute Gasteiger partial charge is 0.497 e. The van der Waals surface area contributed by atoms with Gasteiger partial charge in [0.2, 0.25) is 5.91 Å². The number of anilines is 1. The van der Waals surface area contributed by atoms with Gasteiger partial charge in [-0.15, -0.1) is 0 Å². The molecular formula is C21H20BrN3O3. The molecule has 3 aliphatic heterocycles. The molecule has 3 heterocycles. The van der Waals surface area contributed by atoms with E-state index in [0.29, 0.717) is 11.4 Å². The Morgan fingerprint density at radius 1 is 0.964 bits per heavy atom. The SMILES string of the molecule is COc1cccc(N2C(=O)C3C(C2=O)N2CCCN2C3c2ccc(Br)cc2)c1. The Bertz CT molecular complexity index is 948. The lowest BCUT2D eigenvalue weighted by Crippen LogP contribution is -2.44. The quantitative estimate of drug-likeness (QED) is 0.685. The number of halogens is 1. The van der Waals surface area contributed by atoms with Crippen molar-refractivity contribution in [3.63, 3.8) is 0 Å². The van der Waals surface area contributed by atoms with Crippen molar-refractivity contribution in [1.82, 2.24) is 10.0 Å². The van der Waals surface area contributed by atoms with Crippen molar-refractivity contribution in [3.05, 3.63) is 58.6 Å². The average molecular weight is 442 g/mol. The summed E-state index contributed by atoms with van der Waals surface area (Å²) in [7, 11) is 1.58. The van der Waals surface area contributed by atoms with Gasteiger partial charge in [-0.1, -0.05) is 34.1 Å². The van der Waals surface area contributed by atoms with Gasteiger partial charge in [0.15, 0.2) is 0 Å². The predicted molar refractivity (Wildman–Crippen MR) is 108 cm³/mol. The van der Waals surface area contributed by atoms with Gasteiger partial charge >= 0.3 is 0 Å². The number of hydrogen-bond donors (Lipinski definition) is 0. The van der Waals surface area contributed by atoms with E-state index in [0.717, 1.165) is 29.5 Å². The molecule has 3 saturated heterocycles. The second-order valence-electron chi connectivity index (χ2n) is 7.36. The molecule has 7 heteroatoms. The third kappa shape index (κ3) is 2.53. The van der Waals surface area contributed by atoms with E-state index in [1.54, 1.807) is 25.3 Å². The summed E-state index contributed by atoms with van der Waals surface area (Å²) in [5.41, 5.74) is 1.64. The minimum atomic E-state index is -0.435. The first-order valence-electron chi connectivity index (χ1n) is 9.40. The highest BCUT2D eigenvalue weighted by atomic mass is 79.9. The van der Waals surface area contributed by atoms with Crippen molar-refractivity contribution in [2.75, 3.05) is 25.1 Å². The maximum absolute atomic E-state index is 13.5. The molecule has 0 spiro atoms. The maximum Gasteiger partial charge on any atom is 0.253 e. The molecule has 3 atom stereocenters. The third-order valence-electron chi connectivity index (χ3n) is 5.93. The Kier molecular flexibility index (Phi) is 4.26. The zero-order valence-electron chi connectivity index (χ0n) is 15.4. The Labute approximate surface area is 171 Å². The number of hydrogen-bond acceptors (Lipinski definition) is 5. The van der Waals surface area contributed by atoms with E-state index >= 15 is 0 Å². The van der Waals surface area contributed by atoms with Gasteiger partial charge in [0.25, 0.3) is 5.91 Å². The highest BCUT2D eigenvalue weighted by Crippen LogP contribution is 2.49. The van der Waals surface area contributed by atoms with Crippen LogP contribution in [-0.2, 0) is 9.59 Å². The second kappa shape index (κ2) is 6.69. The molecule has 144 valence electrons. The van der Waals surface area contributed by atoms with Crippen LogP contribution in [0, 0.1) is 5.92 Å². The van der Waals surface area contributed by atoms with E-state index in [4.69, 9.17) is 4.74 Å². The summed E-state index contributed by atoms with van der Waals surface area (Å²) in [5, 5.41) is 4.33. The van der Waals surface area contributed by atoms with Crippen molar-refractivity contribution < 1.29 is 14.3 Å². The lowest BCUT2D eigenvalue weighted by Gasteiger charge is -2.29. The maximum atomic E-state index is 13.5. The van der Waals surface area contributed by atoms with Crippen molar-refractivity contribution in [3.8, 4) is 5.75 Å². The Morgan fingerprint density at radius 2 is 1.68 bits per heavy atom. The molecule has 2 amide bonds. The number of carbonyl (C=O) groups is 2. The molecule has 0 aromatic heterocycles. The predicted octanol–water partition coefficient (Wildman–Crippen LogP) is 2.99. The highest BCUT2D eigenvalue weighted by Gasteiger charge is 2.62. The summed E-state index contributed by atoms with van der Waals surface area (Å²) >= 11 is 3.48. The highest BCUT2D eigenvalue weighted by molar-refractivity contribution is 9.10. The smallest absolute Gasteiger partial charge is 0.253 e. The van der Waals surface area contributed by atoms with Gasteiger partial charge in [0, 0.05) is 23.6 Å². The van der Waals surface area contributed by atoms with Gasteiger partial charge in [-0.3, -0.25) is 9.59 Å². The van der Waals surface area contributed by atoms with Crippen LogP contribution < -0.4 is 9.64 Å². The first kappa shape index (κ1) is 17.8. The summed E-state index contributed by atoms with van der Waals surface area (Å²) in [6, 6.07) is 14.7. The van der Waals surface area contributed by atoms with Gasteiger partial charge < -0.3 is 4.74 Å². The van der Waals surface area contributed by atoms with Crippen molar-refractivity contribution in [2.45, 2.75) is 18.5 Å². The van der Waals surface area contributed by atoms with Crippen LogP contribution in [0.3, 0.4) is 0 Å². The van der Waals surface area contributed by atoms with Crippen LogP contribution in [0.15, 0.2) is 53.0 Å². The second-order valence-corrected chi connectivity index (χ2v) is 8.28. The van der Waals surface area contributed by atoms with Crippen LogP contribution in [0.4, 0.5) is 5.69 Å². The summed E-state index contributed by atoms with van der Waals surface area (Å²) in [6.45, 7) is 1.67. The van der Waals surface area contributed by atoms with Crippen molar-refractivity contribution >= 4 is 33.4 Å². The number of ether oxygens (including phenoxy) is 1. The van der Waals surface area contributed by atoms with Crippen LogP contribution in [-0.4, -0.2) is 48.1 Å². The molecule has 6 nitrogen and oxygen atoms in total. The molecule has 2 aromatic rings. The van der Waals surface area contributed by atoms with E-state index in [1.165, 1.54) is 4.90 Å². The molecule has 0 aliphatic carbocycles. The molecule has 3 unspecified atom stereocenters. The van der Waals surface area contributed by atoms with Crippen LogP contribution in [0.5, 0.6) is 5.75 Å². The molecular weight excluding hydrogens is 422 g/mol. The summed E-state index contributed by atoms with van der Waals surface area (Å²) in [5.74, 6) is -0.0528. The lowest BCUT2D eigenvalue weighted by atomic mass is 9.90. The molecule has 0 saturated carbocycles. The molecule has 3 aliphatic rings. The van der Waals surface area contributed by atoms with E-state index < -0.39 is 12.0 Å². The van der Waals surface area contributed by atoms with E-state index in [2.05, 4.69) is 25.9 Å². The number of amides is 2. The standard InChI is InChI=1S/C21H20BrN3O3/c1-28-16-5-2-4-15(12-16)25-20(26)17-18(13-6-8-14(22)9-7-13)23-10-3-11-24(23)19(17)21(25)27/h2,4-9,12,17-19H,3,10-11H2,1H3. The van der Waals surface area contributed by atoms with E-state index in [-0.39, 0.29) is 17.9 Å². The molecule has 5 rings (SSSR count). The summed E-state index contributed by atoms with van der Waals surface area (Å²) in [4.78, 5) is 28.2. The van der Waals surface area contributed by atoms with Gasteiger partial charge in [0.1, 0.15) is 11.8 Å². The minimum Gasteiger partial charge on any atom is -0.497 e. The van der Waals surface area contributed by atoms with Gasteiger partial charge in [0.05, 0.1) is 24.8 Å². The lowest BCUT2D eigenvalue weighted by molar-refractivity contribution is -0.126. The number of fused-ring (bicyclic) bond motifs is 3. The summed E-state index contributed by atoms with van der Waals surface area (Å²) in [6.07, 6.45) is 0.997. The van der Waals surface area contributed by atoms with Crippen LogP contribution in [0.2, 0.25) is 0 Å². The zero-order chi connectivity index (χ0) is 19.4. The number of imide groups is 1. The minimum absolute atomic E-state index is 0.118. The molecule has 2 aromatic carbocycles. The normalized spacial score (nSPS) is 27.4. The molecule has 0 N–H and O–H groups in total. The number of benzene rings is 2. The fourth-order valence-electron chi connectivity index (χ4n) is 4.78. The van der Waals surface area contributed by atoms with Crippen LogP contribution in [0.25, 0.3) is 0 Å². The number of carbonyl (C=O) groups excluding carboxylic acids is 2. The first-order valence-corrected chi connectivity index (χ1v) is 10.2. The molecule has 3 fully saturated rings. The zero-order valence-corrected chi connectivity index (χ0v) is 17.0. The number of methoxy groups -OCH3 is 1. The first-order chi connectivity index (χ1) is 13.6. The Balaban J connectivity index is 1.57. The summed E-state index contributed by atoms with van der Waals surface area (Å²) < 4.78 is 6.27. The number of nitrogens with zero attached hydrogens (tertiary/aromatic N) is 3. The van der Waals surface area contributed by atoms with Gasteiger partial charge in [-0.2, -0.15) is 0 Å². The number of hydrazine groups is 1. The monoisotopic (exact) mass is 441 g/mol. The Morgan fingerprint density at radius 3 is 2.39 bits per heavy atom. The molecule has 0 radical (unpaired) electrons. The topological polar surface area (TPSA) is 53.1 Å².